The molecule has 1 atom stereocenters. The SMILES string of the molecule is Cn1c(-c2ccc(/C=N/NC3N=NC(=S)N3N)cc2)c[n+]2ccccc12.[Br-]. The van der Waals surface area contributed by atoms with Gasteiger partial charge in [-0.15, -0.1) is 10.2 Å². The minimum absolute atomic E-state index is 0. The van der Waals surface area contributed by atoms with Crippen LogP contribution in [0.15, 0.2) is 70.2 Å². The quantitative estimate of drug-likeness (QED) is 0.170. The van der Waals surface area contributed by atoms with E-state index in [4.69, 9.17) is 18.1 Å². The smallest absolute Gasteiger partial charge is 0.286 e. The van der Waals surface area contributed by atoms with Gasteiger partial charge in [0.2, 0.25) is 11.4 Å². The molecule has 0 amide bonds. The van der Waals surface area contributed by atoms with Crippen molar-refractivity contribution in [2.75, 3.05) is 0 Å². The molecular weight excluding hydrogens is 428 g/mol. The number of hydrazone groups is 1. The van der Waals surface area contributed by atoms with Gasteiger partial charge in [0, 0.05) is 11.6 Å². The van der Waals surface area contributed by atoms with Gasteiger partial charge in [-0.25, -0.2) is 19.8 Å². The van der Waals surface area contributed by atoms with Gasteiger partial charge in [0.25, 0.3) is 5.65 Å². The van der Waals surface area contributed by atoms with E-state index in [1.54, 1.807) is 6.21 Å². The first kappa shape index (κ1) is 19.1. The maximum absolute atomic E-state index is 5.70. The second-order valence-corrected chi connectivity index (χ2v) is 6.19. The van der Waals surface area contributed by atoms with Crippen molar-refractivity contribution in [1.82, 2.24) is 15.0 Å². The summed E-state index contributed by atoms with van der Waals surface area (Å²) >= 11 is 4.90. The van der Waals surface area contributed by atoms with Crippen LogP contribution >= 0.6 is 12.2 Å². The Hall–Kier alpha value is -2.69. The maximum atomic E-state index is 5.70. The zero-order valence-electron chi connectivity index (χ0n) is 14.4. The van der Waals surface area contributed by atoms with Crippen LogP contribution in [0.5, 0.6) is 0 Å². The average molecular weight is 445 g/mol. The Labute approximate surface area is 171 Å². The third-order valence-electron chi connectivity index (χ3n) is 4.18. The van der Waals surface area contributed by atoms with Gasteiger partial charge < -0.3 is 17.0 Å². The first-order valence-corrected chi connectivity index (χ1v) is 8.38. The van der Waals surface area contributed by atoms with Gasteiger partial charge in [-0.1, -0.05) is 18.2 Å². The number of hydrogen-bond donors (Lipinski definition) is 2. The number of benzene rings is 1. The molecule has 10 heteroatoms. The summed E-state index contributed by atoms with van der Waals surface area (Å²) in [5.74, 6) is 5.70. The van der Waals surface area contributed by atoms with E-state index in [0.29, 0.717) is 0 Å². The molecule has 0 saturated carbocycles. The van der Waals surface area contributed by atoms with Crippen molar-refractivity contribution in [3.8, 4) is 11.3 Å². The molecule has 2 aromatic heterocycles. The molecular formula is C17H17BrN8S. The molecule has 0 aliphatic carbocycles. The van der Waals surface area contributed by atoms with Crippen LogP contribution in [0, 0.1) is 0 Å². The summed E-state index contributed by atoms with van der Waals surface area (Å²) in [6.07, 6.45) is 5.29. The summed E-state index contributed by atoms with van der Waals surface area (Å²) in [5.41, 5.74) is 7.15. The molecule has 138 valence electrons. The van der Waals surface area contributed by atoms with Crippen LogP contribution in [0.2, 0.25) is 0 Å². The summed E-state index contributed by atoms with van der Waals surface area (Å²) in [7, 11) is 2.06. The minimum atomic E-state index is -0.564. The van der Waals surface area contributed by atoms with Crippen LogP contribution in [0.25, 0.3) is 16.9 Å². The van der Waals surface area contributed by atoms with E-state index in [2.05, 4.69) is 61.2 Å². The molecule has 0 bridgehead atoms. The number of nitrogens with zero attached hydrogens (tertiary/aromatic N) is 6. The van der Waals surface area contributed by atoms with Crippen molar-refractivity contribution in [3.05, 3.63) is 60.4 Å². The van der Waals surface area contributed by atoms with Crippen LogP contribution in [-0.4, -0.2) is 27.2 Å². The predicted molar refractivity (Wildman–Crippen MR) is 102 cm³/mol. The van der Waals surface area contributed by atoms with Gasteiger partial charge in [-0.3, -0.25) is 5.43 Å². The lowest BCUT2D eigenvalue weighted by atomic mass is 10.1. The Morgan fingerprint density at radius 2 is 2.04 bits per heavy atom. The van der Waals surface area contributed by atoms with Gasteiger partial charge >= 0.3 is 0 Å². The van der Waals surface area contributed by atoms with Gasteiger partial charge in [0.15, 0.2) is 5.69 Å². The summed E-state index contributed by atoms with van der Waals surface area (Å²) in [6.45, 7) is 0. The van der Waals surface area contributed by atoms with E-state index in [1.165, 1.54) is 5.01 Å². The highest BCUT2D eigenvalue weighted by molar-refractivity contribution is 7.80. The number of pyridine rings is 1. The molecule has 0 fully saturated rings. The van der Waals surface area contributed by atoms with E-state index in [1.807, 2.05) is 30.5 Å². The van der Waals surface area contributed by atoms with Crippen molar-refractivity contribution < 1.29 is 21.4 Å². The largest absolute Gasteiger partial charge is 1.00 e. The van der Waals surface area contributed by atoms with Gasteiger partial charge in [0.05, 0.1) is 19.5 Å². The standard InChI is InChI=1S/C17H17N8S.BrH/c1-23-14(11-24-9-3-2-4-15(23)24)13-7-5-12(6-8-13)10-19-20-16-21-22-17(26)25(16)18;/h2-11,16,20H,18H2,1H3;1H/q+1;/p-1/b19-10+;. The van der Waals surface area contributed by atoms with Crippen molar-refractivity contribution in [3.63, 3.8) is 0 Å². The monoisotopic (exact) mass is 444 g/mol. The molecule has 0 saturated heterocycles. The number of thiocarbonyl (C=S) groups is 1. The molecule has 3 aromatic rings. The Morgan fingerprint density at radius 3 is 2.70 bits per heavy atom. The maximum Gasteiger partial charge on any atom is 0.286 e. The summed E-state index contributed by atoms with van der Waals surface area (Å²) in [4.78, 5) is 0. The third kappa shape index (κ3) is 3.72. The Bertz CT molecular complexity index is 1030. The topological polar surface area (TPSA) is 87.4 Å². The number of imidazole rings is 1. The molecule has 4 rings (SSSR count). The molecule has 0 radical (unpaired) electrons. The van der Waals surface area contributed by atoms with Gasteiger partial charge in [-0.05, 0) is 36.0 Å². The van der Waals surface area contributed by atoms with Crippen molar-refractivity contribution in [1.29, 1.82) is 0 Å². The number of hydrazine groups is 1. The normalized spacial score (nSPS) is 16.3. The number of nitrogens with two attached hydrogens (primary N) is 1. The Morgan fingerprint density at radius 1 is 1.26 bits per heavy atom. The molecule has 3 heterocycles. The molecule has 1 unspecified atom stereocenters. The van der Waals surface area contributed by atoms with E-state index in [0.717, 1.165) is 22.5 Å². The zero-order chi connectivity index (χ0) is 18.1. The number of aromatic nitrogens is 2. The average Bonchev–Trinajstić information content (AvgIpc) is 3.17. The van der Waals surface area contributed by atoms with Gasteiger partial charge in [0.1, 0.15) is 6.20 Å². The van der Waals surface area contributed by atoms with Crippen molar-refractivity contribution >= 4 is 29.2 Å². The number of aryl methyl sites for hydroxylation is 1. The number of hydrogen-bond acceptors (Lipinski definition) is 5. The fourth-order valence-corrected chi connectivity index (χ4v) is 2.92. The Balaban J connectivity index is 0.00000210. The highest BCUT2D eigenvalue weighted by atomic mass is 79.9. The molecule has 3 N–H and O–H groups in total. The number of nitrogens with one attached hydrogen (secondary N) is 1. The molecule has 8 nitrogen and oxygen atoms in total. The second kappa shape index (κ2) is 7.91. The minimum Gasteiger partial charge on any atom is -1.00 e. The molecule has 1 aromatic carbocycles. The van der Waals surface area contributed by atoms with Gasteiger partial charge in [-0.2, -0.15) is 5.10 Å². The van der Waals surface area contributed by atoms with Crippen LogP contribution in [-0.2, 0) is 7.05 Å². The third-order valence-corrected chi connectivity index (χ3v) is 4.47. The fraction of sp³-hybridized carbons (Fsp3) is 0.118. The highest BCUT2D eigenvalue weighted by Gasteiger charge is 2.22. The Kier molecular flexibility index (Phi) is 5.59. The molecule has 1 aliphatic heterocycles. The molecule has 27 heavy (non-hydrogen) atoms. The van der Waals surface area contributed by atoms with E-state index in [9.17, 15) is 0 Å². The van der Waals surface area contributed by atoms with Crippen molar-refractivity contribution in [2.45, 2.75) is 6.29 Å². The number of rotatable bonds is 4. The summed E-state index contributed by atoms with van der Waals surface area (Å²) < 4.78 is 4.27. The van der Waals surface area contributed by atoms with E-state index >= 15 is 0 Å². The predicted octanol–water partition coefficient (Wildman–Crippen LogP) is -1.43. The van der Waals surface area contributed by atoms with Crippen molar-refractivity contribution in [2.24, 2.45) is 28.2 Å². The first-order valence-electron chi connectivity index (χ1n) is 7.97. The second-order valence-electron chi connectivity index (χ2n) is 5.83. The summed E-state index contributed by atoms with van der Waals surface area (Å²) in [6, 6.07) is 14.3. The van der Waals surface area contributed by atoms with E-state index in [-0.39, 0.29) is 22.1 Å². The molecule has 1 aliphatic rings. The first-order chi connectivity index (χ1) is 12.6. The summed E-state index contributed by atoms with van der Waals surface area (Å²) in [5, 5.41) is 13.2. The number of azo groups is 1. The number of halogens is 1. The van der Waals surface area contributed by atoms with E-state index < -0.39 is 6.29 Å². The fourth-order valence-electron chi connectivity index (χ4n) is 2.77. The van der Waals surface area contributed by atoms with Crippen LogP contribution in [0.3, 0.4) is 0 Å². The zero-order valence-corrected chi connectivity index (χ0v) is 16.8. The lowest BCUT2D eigenvalue weighted by Crippen LogP contribution is -3.00. The van der Waals surface area contributed by atoms with Crippen LogP contribution in [0.1, 0.15) is 5.56 Å². The number of fused-ring (bicyclic) bond motifs is 1. The molecule has 0 spiro atoms. The van der Waals surface area contributed by atoms with Crippen LogP contribution < -0.4 is 32.7 Å². The lowest BCUT2D eigenvalue weighted by Gasteiger charge is -2.15. The lowest BCUT2D eigenvalue weighted by molar-refractivity contribution is -0.510. The highest BCUT2D eigenvalue weighted by Crippen LogP contribution is 2.19. The van der Waals surface area contributed by atoms with Crippen LogP contribution in [0.4, 0.5) is 0 Å².